The summed E-state index contributed by atoms with van der Waals surface area (Å²) in [5, 5.41) is 15.4. The number of aliphatic hydroxyl groups excluding tert-OH is 1. The van der Waals surface area contributed by atoms with Crippen LogP contribution in [0.4, 0.5) is 0 Å². The van der Waals surface area contributed by atoms with Gasteiger partial charge in [0.2, 0.25) is 0 Å². The number of halogens is 2. The molecule has 1 unspecified atom stereocenters. The molecule has 0 saturated heterocycles. The fraction of sp³-hybridized carbons (Fsp3) is 0.417. The Hall–Kier alpha value is -0.370. The van der Waals surface area contributed by atoms with Crippen LogP contribution in [0.2, 0.25) is 5.02 Å². The van der Waals surface area contributed by atoms with Crippen molar-refractivity contribution >= 4 is 40.1 Å². The third-order valence-electron chi connectivity index (χ3n) is 2.21. The minimum absolute atomic E-state index is 0.146. The molecule has 100 valence electrons. The van der Waals surface area contributed by atoms with Crippen molar-refractivity contribution in [1.82, 2.24) is 10.6 Å². The molecule has 0 aromatic heterocycles. The molecule has 0 aliphatic rings. The summed E-state index contributed by atoms with van der Waals surface area (Å²) in [7, 11) is 0. The lowest BCUT2D eigenvalue weighted by Gasteiger charge is -2.08. The summed E-state index contributed by atoms with van der Waals surface area (Å²) < 4.78 is 0.921. The number of carbonyl (C=O) groups excluding carboxylic acids is 1. The van der Waals surface area contributed by atoms with Gasteiger partial charge in [0.15, 0.2) is 0 Å². The van der Waals surface area contributed by atoms with E-state index in [9.17, 15) is 4.79 Å². The summed E-state index contributed by atoms with van der Waals surface area (Å²) in [5.41, 5.74) is 0.552. The number of benzene rings is 1. The average molecular weight is 383 g/mol. The highest BCUT2D eigenvalue weighted by Gasteiger charge is 2.06. The number of amides is 1. The summed E-state index contributed by atoms with van der Waals surface area (Å²) in [6, 6.07) is 5.21. The molecular weight excluding hydrogens is 367 g/mol. The van der Waals surface area contributed by atoms with E-state index in [1.54, 1.807) is 19.1 Å². The van der Waals surface area contributed by atoms with Crippen LogP contribution in [0, 0.1) is 3.57 Å². The molecule has 3 N–H and O–H groups in total. The van der Waals surface area contributed by atoms with E-state index in [0.717, 1.165) is 3.57 Å². The van der Waals surface area contributed by atoms with Crippen LogP contribution >= 0.6 is 34.2 Å². The smallest absolute Gasteiger partial charge is 0.251 e. The van der Waals surface area contributed by atoms with Gasteiger partial charge in [0, 0.05) is 28.8 Å². The molecule has 1 atom stereocenters. The lowest BCUT2D eigenvalue weighted by Crippen LogP contribution is -2.34. The van der Waals surface area contributed by atoms with Gasteiger partial charge in [-0.15, -0.1) is 0 Å². The van der Waals surface area contributed by atoms with Gasteiger partial charge < -0.3 is 15.7 Å². The normalized spacial score (nSPS) is 12.2. The number of carbonyl (C=O) groups is 1. The van der Waals surface area contributed by atoms with Crippen molar-refractivity contribution in [2.75, 3.05) is 19.6 Å². The van der Waals surface area contributed by atoms with Crippen LogP contribution in [0.1, 0.15) is 17.3 Å². The Morgan fingerprint density at radius 1 is 1.50 bits per heavy atom. The summed E-state index contributed by atoms with van der Waals surface area (Å²) in [6.45, 7) is 3.36. The van der Waals surface area contributed by atoms with E-state index in [4.69, 9.17) is 16.7 Å². The number of hydrogen-bond acceptors (Lipinski definition) is 3. The lowest BCUT2D eigenvalue weighted by atomic mass is 10.2. The van der Waals surface area contributed by atoms with Crippen molar-refractivity contribution in [2.45, 2.75) is 13.0 Å². The van der Waals surface area contributed by atoms with Crippen LogP contribution < -0.4 is 10.6 Å². The molecule has 1 aromatic carbocycles. The molecule has 0 aliphatic heterocycles. The summed E-state index contributed by atoms with van der Waals surface area (Å²) in [4.78, 5) is 11.8. The fourth-order valence-electron chi connectivity index (χ4n) is 1.31. The first-order chi connectivity index (χ1) is 8.50. The number of aliphatic hydroxyl groups is 1. The first kappa shape index (κ1) is 15.7. The van der Waals surface area contributed by atoms with Crippen molar-refractivity contribution in [3.8, 4) is 0 Å². The Labute approximate surface area is 125 Å². The van der Waals surface area contributed by atoms with E-state index in [2.05, 4.69) is 33.2 Å². The Balaban J connectivity index is 2.34. The van der Waals surface area contributed by atoms with Crippen molar-refractivity contribution in [2.24, 2.45) is 0 Å². The maximum Gasteiger partial charge on any atom is 0.251 e. The van der Waals surface area contributed by atoms with Gasteiger partial charge in [-0.3, -0.25) is 4.79 Å². The minimum Gasteiger partial charge on any atom is -0.392 e. The predicted octanol–water partition coefficient (Wildman–Crippen LogP) is 1.64. The van der Waals surface area contributed by atoms with E-state index in [-0.39, 0.29) is 12.0 Å². The molecule has 0 bridgehead atoms. The van der Waals surface area contributed by atoms with E-state index in [0.29, 0.717) is 30.2 Å². The van der Waals surface area contributed by atoms with Crippen LogP contribution in [0.15, 0.2) is 18.2 Å². The van der Waals surface area contributed by atoms with Gasteiger partial charge in [0.1, 0.15) is 0 Å². The fourth-order valence-corrected chi connectivity index (χ4v) is 1.83. The number of nitrogens with one attached hydrogen (secondary N) is 2. The van der Waals surface area contributed by atoms with E-state index in [1.807, 2.05) is 6.07 Å². The van der Waals surface area contributed by atoms with Gasteiger partial charge >= 0.3 is 0 Å². The molecule has 0 aliphatic carbocycles. The molecule has 0 heterocycles. The van der Waals surface area contributed by atoms with Gasteiger partial charge in [-0.2, -0.15) is 0 Å². The minimum atomic E-state index is -0.379. The SMILES string of the molecule is CC(O)CNCCNC(=O)c1ccc(I)c(Cl)c1. The maximum absolute atomic E-state index is 11.8. The monoisotopic (exact) mass is 382 g/mol. The standard InChI is InChI=1S/C12H16ClIN2O2/c1-8(17)7-15-4-5-16-12(18)9-2-3-11(14)10(13)6-9/h2-3,6,8,15,17H,4-5,7H2,1H3,(H,16,18). The molecule has 1 amide bonds. The Kier molecular flexibility index (Phi) is 6.91. The predicted molar refractivity (Wildman–Crippen MR) is 81.1 cm³/mol. The number of hydrogen-bond donors (Lipinski definition) is 3. The third-order valence-corrected chi connectivity index (χ3v) is 3.78. The molecule has 4 nitrogen and oxygen atoms in total. The average Bonchev–Trinajstić information content (AvgIpc) is 2.31. The summed E-state index contributed by atoms with van der Waals surface area (Å²) >= 11 is 8.06. The van der Waals surface area contributed by atoms with Crippen molar-refractivity contribution < 1.29 is 9.90 Å². The van der Waals surface area contributed by atoms with Crippen LogP contribution in [0.25, 0.3) is 0 Å². The molecule has 0 radical (unpaired) electrons. The Morgan fingerprint density at radius 2 is 2.22 bits per heavy atom. The molecular formula is C12H16ClIN2O2. The third kappa shape index (κ3) is 5.51. The van der Waals surface area contributed by atoms with Crippen molar-refractivity contribution in [3.63, 3.8) is 0 Å². The van der Waals surface area contributed by atoms with E-state index < -0.39 is 0 Å². The zero-order chi connectivity index (χ0) is 13.5. The zero-order valence-electron chi connectivity index (χ0n) is 10.0. The second-order valence-electron chi connectivity index (χ2n) is 3.94. The van der Waals surface area contributed by atoms with Crippen LogP contribution in [-0.2, 0) is 0 Å². The van der Waals surface area contributed by atoms with E-state index in [1.165, 1.54) is 0 Å². The molecule has 18 heavy (non-hydrogen) atoms. The van der Waals surface area contributed by atoms with Gasteiger partial charge in [0.05, 0.1) is 11.1 Å². The number of rotatable bonds is 6. The highest BCUT2D eigenvalue weighted by molar-refractivity contribution is 14.1. The molecule has 0 saturated carbocycles. The van der Waals surface area contributed by atoms with Crippen molar-refractivity contribution in [3.05, 3.63) is 32.4 Å². The Morgan fingerprint density at radius 3 is 2.83 bits per heavy atom. The highest BCUT2D eigenvalue weighted by atomic mass is 127. The first-order valence-corrected chi connectivity index (χ1v) is 7.08. The van der Waals surface area contributed by atoms with Gasteiger partial charge in [-0.1, -0.05) is 11.6 Å². The van der Waals surface area contributed by atoms with Crippen LogP contribution in [0.3, 0.4) is 0 Å². The van der Waals surface area contributed by atoms with Gasteiger partial charge in [-0.05, 0) is 47.7 Å². The van der Waals surface area contributed by atoms with Crippen LogP contribution in [-0.4, -0.2) is 36.8 Å². The van der Waals surface area contributed by atoms with Crippen molar-refractivity contribution in [1.29, 1.82) is 0 Å². The van der Waals surface area contributed by atoms with Gasteiger partial charge in [0.25, 0.3) is 5.91 Å². The molecule has 6 heteroatoms. The second kappa shape index (κ2) is 7.93. The highest BCUT2D eigenvalue weighted by Crippen LogP contribution is 2.19. The van der Waals surface area contributed by atoms with Crippen LogP contribution in [0.5, 0.6) is 0 Å². The van der Waals surface area contributed by atoms with Gasteiger partial charge in [-0.25, -0.2) is 0 Å². The van der Waals surface area contributed by atoms with E-state index >= 15 is 0 Å². The first-order valence-electron chi connectivity index (χ1n) is 5.62. The maximum atomic E-state index is 11.8. The molecule has 1 rings (SSSR count). The lowest BCUT2D eigenvalue weighted by molar-refractivity contribution is 0.0953. The summed E-state index contributed by atoms with van der Waals surface area (Å²) in [6.07, 6.45) is -0.379. The molecule has 0 spiro atoms. The second-order valence-corrected chi connectivity index (χ2v) is 5.51. The quantitative estimate of drug-likeness (QED) is 0.518. The Bertz CT molecular complexity index is 413. The summed E-state index contributed by atoms with van der Waals surface area (Å²) in [5.74, 6) is -0.146. The topological polar surface area (TPSA) is 61.4 Å². The molecule has 1 aromatic rings. The zero-order valence-corrected chi connectivity index (χ0v) is 13.0. The molecule has 0 fully saturated rings. The largest absolute Gasteiger partial charge is 0.392 e.